The lowest BCUT2D eigenvalue weighted by molar-refractivity contribution is 0.137. The summed E-state index contributed by atoms with van der Waals surface area (Å²) in [6, 6.07) is 3.54. The molecular formula is C15H26N2O2. The minimum Gasteiger partial charge on any atom is -0.496 e. The van der Waals surface area contributed by atoms with Crippen molar-refractivity contribution >= 4 is 0 Å². The van der Waals surface area contributed by atoms with Gasteiger partial charge in [0.15, 0.2) is 0 Å². The van der Waals surface area contributed by atoms with Gasteiger partial charge in [-0.2, -0.15) is 0 Å². The summed E-state index contributed by atoms with van der Waals surface area (Å²) in [6.45, 7) is 4.86. The number of benzene rings is 1. The number of ether oxygens (including phenoxy) is 1. The maximum Gasteiger partial charge on any atom is 0.122 e. The Bertz CT molecular complexity index is 419. The van der Waals surface area contributed by atoms with E-state index in [0.717, 1.165) is 35.4 Å². The van der Waals surface area contributed by atoms with Crippen molar-refractivity contribution in [2.45, 2.75) is 32.4 Å². The highest BCUT2D eigenvalue weighted by molar-refractivity contribution is 5.44. The Labute approximate surface area is 116 Å². The molecule has 1 aromatic carbocycles. The smallest absolute Gasteiger partial charge is 0.122 e. The molecule has 0 aliphatic carbocycles. The molecule has 0 aromatic heterocycles. The van der Waals surface area contributed by atoms with Crippen molar-refractivity contribution in [1.29, 1.82) is 0 Å². The molecule has 0 radical (unpaired) electrons. The van der Waals surface area contributed by atoms with Crippen LogP contribution in [0.1, 0.15) is 29.2 Å². The second-order valence-electron chi connectivity index (χ2n) is 5.31. The molecule has 2 atom stereocenters. The summed E-state index contributed by atoms with van der Waals surface area (Å²) >= 11 is 0. The van der Waals surface area contributed by atoms with Crippen LogP contribution in [0.15, 0.2) is 12.1 Å². The van der Waals surface area contributed by atoms with Crippen LogP contribution < -0.4 is 10.5 Å². The lowest BCUT2D eigenvalue weighted by Crippen LogP contribution is -2.32. The van der Waals surface area contributed by atoms with Gasteiger partial charge in [-0.25, -0.2) is 0 Å². The number of hydrogen-bond donors (Lipinski definition) is 2. The second-order valence-corrected chi connectivity index (χ2v) is 5.31. The summed E-state index contributed by atoms with van der Waals surface area (Å²) in [5.74, 6) is 0.843. The quantitative estimate of drug-likeness (QED) is 0.821. The highest BCUT2D eigenvalue weighted by Crippen LogP contribution is 2.29. The summed E-state index contributed by atoms with van der Waals surface area (Å²) in [5, 5.41) is 10.4. The van der Waals surface area contributed by atoms with Crippen LogP contribution in [0.4, 0.5) is 0 Å². The zero-order chi connectivity index (χ0) is 14.6. The largest absolute Gasteiger partial charge is 0.496 e. The predicted octanol–water partition coefficient (Wildman–Crippen LogP) is 1.62. The van der Waals surface area contributed by atoms with Crippen molar-refractivity contribution in [1.82, 2.24) is 4.90 Å². The molecular weight excluding hydrogens is 240 g/mol. The first-order valence-corrected chi connectivity index (χ1v) is 6.61. The average Bonchev–Trinajstić information content (AvgIpc) is 2.38. The standard InChI is InChI=1S/C15H26N2O2/c1-10-11(2)14(19-5)7-6-12(10)15(18)13(16)8-9-17(3)4/h6-7,13,15,18H,8-9,16H2,1-5H3. The second kappa shape index (κ2) is 6.89. The Morgan fingerprint density at radius 3 is 2.42 bits per heavy atom. The van der Waals surface area contributed by atoms with Gasteiger partial charge in [0, 0.05) is 6.04 Å². The number of aliphatic hydroxyl groups is 1. The number of nitrogens with two attached hydrogens (primary N) is 1. The Morgan fingerprint density at radius 2 is 1.89 bits per heavy atom. The third-order valence-electron chi connectivity index (χ3n) is 3.63. The van der Waals surface area contributed by atoms with E-state index >= 15 is 0 Å². The van der Waals surface area contributed by atoms with E-state index in [1.807, 2.05) is 40.1 Å². The molecule has 1 aromatic rings. The molecule has 0 aliphatic heterocycles. The van der Waals surface area contributed by atoms with Gasteiger partial charge in [0.25, 0.3) is 0 Å². The molecule has 0 fully saturated rings. The van der Waals surface area contributed by atoms with E-state index in [2.05, 4.69) is 4.90 Å². The van der Waals surface area contributed by atoms with Crippen LogP contribution in [0.25, 0.3) is 0 Å². The molecule has 0 saturated heterocycles. The third kappa shape index (κ3) is 3.93. The fraction of sp³-hybridized carbons (Fsp3) is 0.600. The molecule has 4 heteroatoms. The summed E-state index contributed by atoms with van der Waals surface area (Å²) in [7, 11) is 5.66. The van der Waals surface area contributed by atoms with Gasteiger partial charge in [0.1, 0.15) is 5.75 Å². The van der Waals surface area contributed by atoms with Crippen LogP contribution in [-0.2, 0) is 0 Å². The Kier molecular flexibility index (Phi) is 5.79. The van der Waals surface area contributed by atoms with Crippen molar-refractivity contribution in [2.75, 3.05) is 27.7 Å². The lowest BCUT2D eigenvalue weighted by atomic mass is 9.93. The molecule has 0 amide bonds. The zero-order valence-corrected chi connectivity index (χ0v) is 12.6. The maximum absolute atomic E-state index is 10.4. The normalized spacial score (nSPS) is 14.5. The Morgan fingerprint density at radius 1 is 1.26 bits per heavy atom. The van der Waals surface area contributed by atoms with E-state index in [1.165, 1.54) is 0 Å². The molecule has 19 heavy (non-hydrogen) atoms. The van der Waals surface area contributed by atoms with Crippen molar-refractivity contribution < 1.29 is 9.84 Å². The zero-order valence-electron chi connectivity index (χ0n) is 12.6. The molecule has 0 bridgehead atoms. The molecule has 0 aliphatic rings. The summed E-state index contributed by atoms with van der Waals surface area (Å²) in [5.41, 5.74) is 9.08. The fourth-order valence-electron chi connectivity index (χ4n) is 2.15. The van der Waals surface area contributed by atoms with Gasteiger partial charge in [0.2, 0.25) is 0 Å². The van der Waals surface area contributed by atoms with E-state index < -0.39 is 6.10 Å². The fourth-order valence-corrected chi connectivity index (χ4v) is 2.15. The highest BCUT2D eigenvalue weighted by Gasteiger charge is 2.20. The van der Waals surface area contributed by atoms with Crippen molar-refractivity contribution in [3.05, 3.63) is 28.8 Å². The van der Waals surface area contributed by atoms with Gasteiger partial charge in [-0.15, -0.1) is 0 Å². The van der Waals surface area contributed by atoms with Gasteiger partial charge in [-0.1, -0.05) is 6.07 Å². The maximum atomic E-state index is 10.4. The van der Waals surface area contributed by atoms with Gasteiger partial charge in [-0.3, -0.25) is 0 Å². The monoisotopic (exact) mass is 266 g/mol. The molecule has 108 valence electrons. The molecule has 0 saturated carbocycles. The van der Waals surface area contributed by atoms with E-state index in [1.54, 1.807) is 7.11 Å². The van der Waals surface area contributed by atoms with Gasteiger partial charge in [0.05, 0.1) is 13.2 Å². The number of methoxy groups -OCH3 is 1. The van der Waals surface area contributed by atoms with Crippen LogP contribution in [0.3, 0.4) is 0 Å². The highest BCUT2D eigenvalue weighted by atomic mass is 16.5. The third-order valence-corrected chi connectivity index (χ3v) is 3.63. The summed E-state index contributed by atoms with van der Waals surface area (Å²) < 4.78 is 5.28. The molecule has 4 nitrogen and oxygen atoms in total. The Balaban J connectivity index is 2.87. The first-order chi connectivity index (χ1) is 8.88. The lowest BCUT2D eigenvalue weighted by Gasteiger charge is -2.23. The number of rotatable bonds is 6. The van der Waals surface area contributed by atoms with Crippen LogP contribution >= 0.6 is 0 Å². The summed E-state index contributed by atoms with van der Waals surface area (Å²) in [4.78, 5) is 2.07. The number of aliphatic hydroxyl groups excluding tert-OH is 1. The molecule has 3 N–H and O–H groups in total. The van der Waals surface area contributed by atoms with Crippen molar-refractivity contribution in [2.24, 2.45) is 5.73 Å². The number of nitrogens with zero attached hydrogens (tertiary/aromatic N) is 1. The van der Waals surface area contributed by atoms with E-state index in [4.69, 9.17) is 10.5 Å². The number of hydrogen-bond acceptors (Lipinski definition) is 4. The molecule has 0 heterocycles. The van der Waals surface area contributed by atoms with E-state index in [9.17, 15) is 5.11 Å². The minimum atomic E-state index is -0.635. The SMILES string of the molecule is COc1ccc(C(O)C(N)CCN(C)C)c(C)c1C. The van der Waals surface area contributed by atoms with Gasteiger partial charge in [-0.05, 0) is 63.7 Å². The van der Waals surface area contributed by atoms with E-state index in [-0.39, 0.29) is 6.04 Å². The Hall–Kier alpha value is -1.10. The van der Waals surface area contributed by atoms with E-state index in [0.29, 0.717) is 0 Å². The van der Waals surface area contributed by atoms with Crippen molar-refractivity contribution in [3.63, 3.8) is 0 Å². The first-order valence-electron chi connectivity index (χ1n) is 6.61. The molecule has 1 rings (SSSR count). The van der Waals surface area contributed by atoms with Crippen LogP contribution in [0, 0.1) is 13.8 Å². The molecule has 0 spiro atoms. The topological polar surface area (TPSA) is 58.7 Å². The van der Waals surface area contributed by atoms with Gasteiger partial charge >= 0.3 is 0 Å². The minimum absolute atomic E-state index is 0.256. The first kappa shape index (κ1) is 16.0. The average molecular weight is 266 g/mol. The van der Waals surface area contributed by atoms with Gasteiger partial charge < -0.3 is 20.5 Å². The summed E-state index contributed by atoms with van der Waals surface area (Å²) in [6.07, 6.45) is 0.128. The molecule has 2 unspecified atom stereocenters. The van der Waals surface area contributed by atoms with Crippen LogP contribution in [0.2, 0.25) is 0 Å². The van der Waals surface area contributed by atoms with Crippen molar-refractivity contribution in [3.8, 4) is 5.75 Å². The van der Waals surface area contributed by atoms with Crippen LogP contribution in [-0.4, -0.2) is 43.8 Å². The predicted molar refractivity (Wildman–Crippen MR) is 78.6 cm³/mol. The van der Waals surface area contributed by atoms with Crippen LogP contribution in [0.5, 0.6) is 5.75 Å².